The standard InChI is InChI=1S/C13H16N2O/c1-11-6-7-13(16-11)10-15(2)9-12-5-3-4-8-14-12/h3-8H,9-10H2,1-2H3. The highest BCUT2D eigenvalue weighted by molar-refractivity contribution is 5.06. The zero-order valence-corrected chi connectivity index (χ0v) is 9.68. The Morgan fingerprint density at radius 1 is 1.19 bits per heavy atom. The van der Waals surface area contributed by atoms with Gasteiger partial charge in [-0.1, -0.05) is 6.07 Å². The third-order valence-corrected chi connectivity index (χ3v) is 2.38. The van der Waals surface area contributed by atoms with Crippen molar-refractivity contribution in [3.63, 3.8) is 0 Å². The van der Waals surface area contributed by atoms with Gasteiger partial charge in [-0.2, -0.15) is 0 Å². The zero-order valence-electron chi connectivity index (χ0n) is 9.68. The van der Waals surface area contributed by atoms with E-state index < -0.39 is 0 Å². The second kappa shape index (κ2) is 4.94. The van der Waals surface area contributed by atoms with Crippen molar-refractivity contribution < 1.29 is 4.42 Å². The summed E-state index contributed by atoms with van der Waals surface area (Å²) < 4.78 is 5.53. The molecule has 2 aromatic heterocycles. The first-order valence-corrected chi connectivity index (χ1v) is 5.38. The van der Waals surface area contributed by atoms with Crippen molar-refractivity contribution in [2.45, 2.75) is 20.0 Å². The number of aromatic nitrogens is 1. The van der Waals surface area contributed by atoms with Crippen molar-refractivity contribution in [2.24, 2.45) is 0 Å². The number of nitrogens with zero attached hydrogens (tertiary/aromatic N) is 2. The van der Waals surface area contributed by atoms with Crippen LogP contribution in [-0.2, 0) is 13.1 Å². The van der Waals surface area contributed by atoms with Crippen LogP contribution in [0.5, 0.6) is 0 Å². The van der Waals surface area contributed by atoms with Gasteiger partial charge in [-0.15, -0.1) is 0 Å². The minimum Gasteiger partial charge on any atom is -0.465 e. The summed E-state index contributed by atoms with van der Waals surface area (Å²) >= 11 is 0. The smallest absolute Gasteiger partial charge is 0.118 e. The van der Waals surface area contributed by atoms with Crippen LogP contribution in [0.2, 0.25) is 0 Å². The number of hydrogen-bond acceptors (Lipinski definition) is 3. The van der Waals surface area contributed by atoms with Gasteiger partial charge < -0.3 is 4.42 Å². The number of hydrogen-bond donors (Lipinski definition) is 0. The molecule has 84 valence electrons. The Balaban J connectivity index is 1.92. The summed E-state index contributed by atoms with van der Waals surface area (Å²) in [5, 5.41) is 0. The monoisotopic (exact) mass is 216 g/mol. The third-order valence-electron chi connectivity index (χ3n) is 2.38. The lowest BCUT2D eigenvalue weighted by molar-refractivity contribution is 0.282. The molecule has 0 spiro atoms. The Hall–Kier alpha value is -1.61. The van der Waals surface area contributed by atoms with Gasteiger partial charge in [-0.25, -0.2) is 0 Å². The highest BCUT2D eigenvalue weighted by Gasteiger charge is 2.04. The molecule has 3 heteroatoms. The summed E-state index contributed by atoms with van der Waals surface area (Å²) in [5.74, 6) is 1.96. The molecule has 0 saturated heterocycles. The van der Waals surface area contributed by atoms with E-state index in [0.717, 1.165) is 30.3 Å². The maximum absolute atomic E-state index is 5.53. The lowest BCUT2D eigenvalue weighted by Gasteiger charge is -2.14. The van der Waals surface area contributed by atoms with Gasteiger partial charge in [0.1, 0.15) is 11.5 Å². The maximum atomic E-state index is 5.53. The van der Waals surface area contributed by atoms with Gasteiger partial charge in [0.2, 0.25) is 0 Å². The molecule has 0 amide bonds. The molecule has 0 radical (unpaired) electrons. The molecule has 0 aliphatic heterocycles. The third kappa shape index (κ3) is 2.94. The summed E-state index contributed by atoms with van der Waals surface area (Å²) in [6, 6.07) is 9.98. The van der Waals surface area contributed by atoms with E-state index in [1.165, 1.54) is 0 Å². The average molecular weight is 216 g/mol. The van der Waals surface area contributed by atoms with E-state index in [9.17, 15) is 0 Å². The summed E-state index contributed by atoms with van der Waals surface area (Å²) in [6.45, 7) is 3.60. The molecule has 0 unspecified atom stereocenters. The fraction of sp³-hybridized carbons (Fsp3) is 0.308. The molecule has 3 nitrogen and oxygen atoms in total. The van der Waals surface area contributed by atoms with Crippen LogP contribution in [0.25, 0.3) is 0 Å². The van der Waals surface area contributed by atoms with Crippen molar-refractivity contribution >= 4 is 0 Å². The summed E-state index contributed by atoms with van der Waals surface area (Å²) in [6.07, 6.45) is 1.82. The Bertz CT molecular complexity index is 436. The molecule has 16 heavy (non-hydrogen) atoms. The van der Waals surface area contributed by atoms with E-state index in [1.54, 1.807) is 0 Å². The molecule has 2 aromatic rings. The predicted octanol–water partition coefficient (Wildman–Crippen LogP) is 2.62. The van der Waals surface area contributed by atoms with E-state index in [0.29, 0.717) is 0 Å². The van der Waals surface area contributed by atoms with Crippen molar-refractivity contribution in [2.75, 3.05) is 7.05 Å². The normalized spacial score (nSPS) is 10.9. The van der Waals surface area contributed by atoms with Gasteiger partial charge in [0.15, 0.2) is 0 Å². The molecular formula is C13H16N2O. The quantitative estimate of drug-likeness (QED) is 0.786. The van der Waals surface area contributed by atoms with Crippen LogP contribution in [0.15, 0.2) is 40.9 Å². The first-order chi connectivity index (χ1) is 7.74. The van der Waals surface area contributed by atoms with Gasteiger partial charge in [0, 0.05) is 12.7 Å². The molecule has 0 N–H and O–H groups in total. The van der Waals surface area contributed by atoms with Crippen LogP contribution >= 0.6 is 0 Å². The Labute approximate surface area is 95.7 Å². The topological polar surface area (TPSA) is 29.3 Å². The molecule has 0 aliphatic rings. The molecule has 0 saturated carbocycles. The molecule has 0 bridgehead atoms. The fourth-order valence-electron chi connectivity index (χ4n) is 1.66. The summed E-state index contributed by atoms with van der Waals surface area (Å²) in [4.78, 5) is 6.47. The van der Waals surface area contributed by atoms with Crippen molar-refractivity contribution in [3.8, 4) is 0 Å². The lowest BCUT2D eigenvalue weighted by atomic mass is 10.3. The number of aryl methyl sites for hydroxylation is 1. The molecular weight excluding hydrogens is 200 g/mol. The van der Waals surface area contributed by atoms with Crippen molar-refractivity contribution in [1.82, 2.24) is 9.88 Å². The van der Waals surface area contributed by atoms with Crippen LogP contribution < -0.4 is 0 Å². The van der Waals surface area contributed by atoms with Crippen LogP contribution in [0, 0.1) is 6.92 Å². The second-order valence-corrected chi connectivity index (χ2v) is 4.01. The largest absolute Gasteiger partial charge is 0.465 e. The first kappa shape index (κ1) is 10.9. The van der Waals surface area contributed by atoms with Gasteiger partial charge in [-0.3, -0.25) is 9.88 Å². The van der Waals surface area contributed by atoms with Crippen LogP contribution in [0.4, 0.5) is 0 Å². The minimum atomic E-state index is 0.810. The first-order valence-electron chi connectivity index (χ1n) is 5.38. The number of rotatable bonds is 4. The Kier molecular flexibility index (Phi) is 3.37. The van der Waals surface area contributed by atoms with Crippen LogP contribution in [-0.4, -0.2) is 16.9 Å². The van der Waals surface area contributed by atoms with E-state index >= 15 is 0 Å². The SMILES string of the molecule is Cc1ccc(CN(C)Cc2ccccn2)o1. The van der Waals surface area contributed by atoms with Gasteiger partial charge in [0.25, 0.3) is 0 Å². The van der Waals surface area contributed by atoms with E-state index in [2.05, 4.69) is 16.9 Å². The van der Waals surface area contributed by atoms with Crippen molar-refractivity contribution in [1.29, 1.82) is 0 Å². The van der Waals surface area contributed by atoms with E-state index in [1.807, 2.05) is 43.5 Å². The van der Waals surface area contributed by atoms with E-state index in [-0.39, 0.29) is 0 Å². The summed E-state index contributed by atoms with van der Waals surface area (Å²) in [5.41, 5.74) is 1.08. The second-order valence-electron chi connectivity index (χ2n) is 4.01. The highest BCUT2D eigenvalue weighted by Crippen LogP contribution is 2.10. The van der Waals surface area contributed by atoms with E-state index in [4.69, 9.17) is 4.42 Å². The zero-order chi connectivity index (χ0) is 11.4. The Morgan fingerprint density at radius 2 is 2.06 bits per heavy atom. The molecule has 2 heterocycles. The van der Waals surface area contributed by atoms with Gasteiger partial charge >= 0.3 is 0 Å². The molecule has 0 aromatic carbocycles. The van der Waals surface area contributed by atoms with Crippen LogP contribution in [0.1, 0.15) is 17.2 Å². The predicted molar refractivity (Wildman–Crippen MR) is 62.9 cm³/mol. The fourth-order valence-corrected chi connectivity index (χ4v) is 1.66. The maximum Gasteiger partial charge on any atom is 0.118 e. The summed E-state index contributed by atoms with van der Waals surface area (Å²) in [7, 11) is 2.06. The Morgan fingerprint density at radius 3 is 2.69 bits per heavy atom. The molecule has 0 atom stereocenters. The molecule has 0 aliphatic carbocycles. The minimum absolute atomic E-state index is 0.810. The molecule has 0 fully saturated rings. The lowest BCUT2D eigenvalue weighted by Crippen LogP contribution is -2.17. The van der Waals surface area contributed by atoms with Crippen LogP contribution in [0.3, 0.4) is 0 Å². The molecule has 2 rings (SSSR count). The highest BCUT2D eigenvalue weighted by atomic mass is 16.3. The van der Waals surface area contributed by atoms with Gasteiger partial charge in [0.05, 0.1) is 12.2 Å². The number of furan rings is 1. The number of pyridine rings is 1. The van der Waals surface area contributed by atoms with Crippen molar-refractivity contribution in [3.05, 3.63) is 53.7 Å². The van der Waals surface area contributed by atoms with Gasteiger partial charge in [-0.05, 0) is 38.2 Å². The average Bonchev–Trinajstić information content (AvgIpc) is 2.65.